The van der Waals surface area contributed by atoms with E-state index < -0.39 is 0 Å². The van der Waals surface area contributed by atoms with Crippen LogP contribution in [0, 0.1) is 58.2 Å². The van der Waals surface area contributed by atoms with Gasteiger partial charge in [-0.2, -0.15) is 0 Å². The zero-order chi connectivity index (χ0) is 21.8. The number of hydrogen-bond acceptors (Lipinski definition) is 2. The Balaban J connectivity index is 1.51. The number of aliphatic hydroxyl groups excluding tert-OH is 2. The lowest BCUT2D eigenvalue weighted by atomic mass is 9.43. The van der Waals surface area contributed by atoms with Crippen LogP contribution in [0.4, 0.5) is 0 Å². The van der Waals surface area contributed by atoms with Crippen LogP contribution in [0.2, 0.25) is 0 Å². The van der Waals surface area contributed by atoms with E-state index in [-0.39, 0.29) is 17.6 Å². The molecule has 0 saturated heterocycles. The molecule has 4 aliphatic rings. The van der Waals surface area contributed by atoms with Gasteiger partial charge in [-0.15, -0.1) is 0 Å². The van der Waals surface area contributed by atoms with Crippen LogP contribution < -0.4 is 0 Å². The Morgan fingerprint density at radius 1 is 0.833 bits per heavy atom. The third kappa shape index (κ3) is 3.60. The third-order valence-electron chi connectivity index (χ3n) is 11.7. The molecular weight excluding hydrogens is 368 g/mol. The van der Waals surface area contributed by atoms with Crippen molar-refractivity contribution in [2.24, 2.45) is 58.2 Å². The van der Waals surface area contributed by atoms with Gasteiger partial charge < -0.3 is 10.2 Å². The zero-order valence-corrected chi connectivity index (χ0v) is 20.7. The van der Waals surface area contributed by atoms with Crippen LogP contribution >= 0.6 is 0 Å². The van der Waals surface area contributed by atoms with Crippen molar-refractivity contribution in [3.8, 4) is 0 Å². The summed E-state index contributed by atoms with van der Waals surface area (Å²) in [6.07, 6.45) is 11.9. The van der Waals surface area contributed by atoms with Crippen molar-refractivity contribution in [2.45, 2.75) is 118 Å². The van der Waals surface area contributed by atoms with Gasteiger partial charge in [0.2, 0.25) is 0 Å². The van der Waals surface area contributed by atoms with Gasteiger partial charge in [-0.3, -0.25) is 0 Å². The van der Waals surface area contributed by atoms with E-state index in [0.717, 1.165) is 42.9 Å². The normalized spacial score (nSPS) is 50.5. The monoisotopic (exact) mass is 418 g/mol. The van der Waals surface area contributed by atoms with Gasteiger partial charge in [0.1, 0.15) is 0 Å². The van der Waals surface area contributed by atoms with Gasteiger partial charge >= 0.3 is 0 Å². The van der Waals surface area contributed by atoms with Gasteiger partial charge in [-0.05, 0) is 110 Å². The maximum Gasteiger partial charge on any atom is 0.0602 e. The van der Waals surface area contributed by atoms with Gasteiger partial charge in [0, 0.05) is 0 Å². The first-order valence-corrected chi connectivity index (χ1v) is 13.4. The molecule has 174 valence electrons. The van der Waals surface area contributed by atoms with Crippen LogP contribution in [-0.4, -0.2) is 22.4 Å². The molecule has 30 heavy (non-hydrogen) atoms. The van der Waals surface area contributed by atoms with Crippen LogP contribution in [0.15, 0.2) is 0 Å². The number of aliphatic hydroxyl groups is 2. The fourth-order valence-corrected chi connectivity index (χ4v) is 9.22. The van der Waals surface area contributed by atoms with E-state index in [4.69, 9.17) is 0 Å². The first-order chi connectivity index (χ1) is 14.1. The Labute approximate surface area is 186 Å². The van der Waals surface area contributed by atoms with Gasteiger partial charge in [0.05, 0.1) is 12.2 Å². The second-order valence-electron chi connectivity index (χ2n) is 13.2. The van der Waals surface area contributed by atoms with Crippen molar-refractivity contribution in [1.82, 2.24) is 0 Å². The van der Waals surface area contributed by atoms with Gasteiger partial charge in [-0.1, -0.05) is 54.4 Å². The summed E-state index contributed by atoms with van der Waals surface area (Å²) in [6.45, 7) is 14.6. The predicted molar refractivity (Wildman–Crippen MR) is 125 cm³/mol. The minimum Gasteiger partial charge on any atom is -0.393 e. The summed E-state index contributed by atoms with van der Waals surface area (Å²) in [7, 11) is 0. The molecule has 0 heterocycles. The highest BCUT2D eigenvalue weighted by Crippen LogP contribution is 2.68. The van der Waals surface area contributed by atoms with Crippen LogP contribution in [0.1, 0.15) is 106 Å². The van der Waals surface area contributed by atoms with Crippen molar-refractivity contribution in [1.29, 1.82) is 0 Å². The summed E-state index contributed by atoms with van der Waals surface area (Å²) in [5.74, 6) is 5.86. The number of hydrogen-bond donors (Lipinski definition) is 2. The lowest BCUT2D eigenvalue weighted by molar-refractivity contribution is -0.175. The molecule has 2 nitrogen and oxygen atoms in total. The molecule has 0 bridgehead atoms. The average molecular weight is 419 g/mol. The quantitative estimate of drug-likeness (QED) is 0.522. The summed E-state index contributed by atoms with van der Waals surface area (Å²) in [6, 6.07) is 0. The van der Waals surface area contributed by atoms with Crippen LogP contribution in [-0.2, 0) is 0 Å². The van der Waals surface area contributed by atoms with E-state index in [1.807, 2.05) is 0 Å². The molecule has 0 aliphatic heterocycles. The molecular formula is C28H50O2. The van der Waals surface area contributed by atoms with Crippen LogP contribution in [0.25, 0.3) is 0 Å². The van der Waals surface area contributed by atoms with Gasteiger partial charge in [-0.25, -0.2) is 0 Å². The number of rotatable bonds is 5. The van der Waals surface area contributed by atoms with Crippen molar-refractivity contribution in [3.05, 3.63) is 0 Å². The molecule has 0 aromatic rings. The molecule has 0 aromatic carbocycles. The molecule has 0 aromatic heterocycles. The molecule has 11 atom stereocenters. The Morgan fingerprint density at radius 3 is 2.27 bits per heavy atom. The first kappa shape index (κ1) is 23.1. The van der Waals surface area contributed by atoms with Crippen LogP contribution in [0.5, 0.6) is 0 Å². The standard InChI is InChI=1S/C28H50O2/c1-17(2)18(3)7-8-19(4)23-11-12-24-22-10-9-20-15-21(29)13-14-27(20,5)25(22)16-26(30)28(23,24)6/h17-26,29-30H,7-16H2,1-6H3/t18-,19-,20-,21-,22+,23-,24+,25+,26+,27+,28-/m1/s1. The maximum atomic E-state index is 11.7. The van der Waals surface area contributed by atoms with E-state index >= 15 is 0 Å². The highest BCUT2D eigenvalue weighted by molar-refractivity contribution is 5.12. The Bertz CT molecular complexity index is 601. The molecule has 4 aliphatic carbocycles. The average Bonchev–Trinajstić information content (AvgIpc) is 3.06. The summed E-state index contributed by atoms with van der Waals surface area (Å²) >= 11 is 0. The molecule has 0 spiro atoms. The highest BCUT2D eigenvalue weighted by atomic mass is 16.3. The van der Waals surface area contributed by atoms with Crippen molar-refractivity contribution >= 4 is 0 Å². The Hall–Kier alpha value is -0.0800. The Morgan fingerprint density at radius 2 is 1.57 bits per heavy atom. The molecule has 4 saturated carbocycles. The minimum atomic E-state index is -0.136. The molecule has 0 unspecified atom stereocenters. The third-order valence-corrected chi connectivity index (χ3v) is 11.7. The van der Waals surface area contributed by atoms with Crippen molar-refractivity contribution in [3.63, 3.8) is 0 Å². The lowest BCUT2D eigenvalue weighted by Gasteiger charge is -2.62. The number of fused-ring (bicyclic) bond motifs is 5. The second kappa shape index (κ2) is 8.36. The van der Waals surface area contributed by atoms with E-state index in [2.05, 4.69) is 41.5 Å². The summed E-state index contributed by atoms with van der Waals surface area (Å²) < 4.78 is 0. The van der Waals surface area contributed by atoms with E-state index in [1.165, 1.54) is 44.9 Å². The van der Waals surface area contributed by atoms with E-state index in [1.54, 1.807) is 0 Å². The smallest absolute Gasteiger partial charge is 0.0602 e. The van der Waals surface area contributed by atoms with Crippen molar-refractivity contribution < 1.29 is 10.2 Å². The predicted octanol–water partition coefficient (Wildman–Crippen LogP) is 6.69. The highest BCUT2D eigenvalue weighted by Gasteiger charge is 2.63. The van der Waals surface area contributed by atoms with E-state index in [9.17, 15) is 10.2 Å². The molecule has 2 N–H and O–H groups in total. The Kier molecular flexibility index (Phi) is 6.44. The fourth-order valence-electron chi connectivity index (χ4n) is 9.22. The van der Waals surface area contributed by atoms with Crippen molar-refractivity contribution in [2.75, 3.05) is 0 Å². The first-order valence-electron chi connectivity index (χ1n) is 13.4. The molecule has 4 rings (SSSR count). The summed E-state index contributed by atoms with van der Waals surface area (Å²) in [5.41, 5.74) is 0.472. The van der Waals surface area contributed by atoms with Crippen LogP contribution in [0.3, 0.4) is 0 Å². The molecule has 0 amide bonds. The SMILES string of the molecule is CC(C)[C@H](C)CC[C@@H](C)[C@H]1CC[C@H]2[C@@H]3CC[C@@H]4C[C@H](O)CC[C@]4(C)[C@H]3C[C@H](O)[C@]12C. The molecule has 4 fully saturated rings. The largest absolute Gasteiger partial charge is 0.393 e. The summed E-state index contributed by atoms with van der Waals surface area (Å²) in [4.78, 5) is 0. The molecule has 0 radical (unpaired) electrons. The fraction of sp³-hybridized carbons (Fsp3) is 1.00. The maximum absolute atomic E-state index is 11.7. The zero-order valence-electron chi connectivity index (χ0n) is 20.7. The minimum absolute atomic E-state index is 0.0802. The topological polar surface area (TPSA) is 40.5 Å². The van der Waals surface area contributed by atoms with E-state index in [0.29, 0.717) is 29.1 Å². The van der Waals surface area contributed by atoms with Gasteiger partial charge in [0.15, 0.2) is 0 Å². The summed E-state index contributed by atoms with van der Waals surface area (Å²) in [5, 5.41) is 21.9. The van der Waals surface area contributed by atoms with Gasteiger partial charge in [0.25, 0.3) is 0 Å². The lowest BCUT2D eigenvalue weighted by Crippen LogP contribution is -2.58. The second-order valence-corrected chi connectivity index (χ2v) is 13.2. The molecule has 2 heteroatoms.